The maximum absolute atomic E-state index is 12.8. The lowest BCUT2D eigenvalue weighted by atomic mass is 10.1. The van der Waals surface area contributed by atoms with Crippen molar-refractivity contribution in [3.8, 4) is 5.75 Å². The SMILES string of the molecule is Cc1ccc(OCc2ccccc2)c(N(C)C(=O)c2ccc(N)cc2)c1. The first-order chi connectivity index (χ1) is 12.5. The van der Waals surface area contributed by atoms with Crippen molar-refractivity contribution in [3.05, 3.63) is 89.5 Å². The number of rotatable bonds is 5. The molecular formula is C22H22N2O2. The predicted octanol–water partition coefficient (Wildman–Crippen LogP) is 4.43. The van der Waals surface area contributed by atoms with Crippen LogP contribution in [-0.2, 0) is 6.61 Å². The molecule has 4 nitrogen and oxygen atoms in total. The summed E-state index contributed by atoms with van der Waals surface area (Å²) in [5.74, 6) is 0.561. The zero-order valence-electron chi connectivity index (χ0n) is 15.0. The molecule has 0 aromatic heterocycles. The van der Waals surface area contributed by atoms with Crippen LogP contribution in [0.4, 0.5) is 11.4 Å². The maximum Gasteiger partial charge on any atom is 0.258 e. The molecule has 4 heteroatoms. The minimum Gasteiger partial charge on any atom is -0.487 e. The highest BCUT2D eigenvalue weighted by Crippen LogP contribution is 2.30. The van der Waals surface area contributed by atoms with Gasteiger partial charge in [-0.2, -0.15) is 0 Å². The molecule has 0 bridgehead atoms. The first-order valence-corrected chi connectivity index (χ1v) is 8.45. The Morgan fingerprint density at radius 3 is 2.38 bits per heavy atom. The Kier molecular flexibility index (Phi) is 5.23. The van der Waals surface area contributed by atoms with Crippen LogP contribution >= 0.6 is 0 Å². The fraction of sp³-hybridized carbons (Fsp3) is 0.136. The number of nitrogens with two attached hydrogens (primary N) is 1. The van der Waals surface area contributed by atoms with E-state index in [1.165, 1.54) is 0 Å². The van der Waals surface area contributed by atoms with E-state index >= 15 is 0 Å². The van der Waals surface area contributed by atoms with Crippen LogP contribution in [0.5, 0.6) is 5.75 Å². The van der Waals surface area contributed by atoms with Crippen molar-refractivity contribution in [1.29, 1.82) is 0 Å². The van der Waals surface area contributed by atoms with Crippen molar-refractivity contribution in [1.82, 2.24) is 0 Å². The van der Waals surface area contributed by atoms with E-state index in [1.54, 1.807) is 36.2 Å². The van der Waals surface area contributed by atoms with Crippen molar-refractivity contribution in [2.24, 2.45) is 0 Å². The summed E-state index contributed by atoms with van der Waals surface area (Å²) in [6.45, 7) is 2.44. The van der Waals surface area contributed by atoms with E-state index in [1.807, 2.05) is 55.5 Å². The predicted molar refractivity (Wildman–Crippen MR) is 106 cm³/mol. The molecule has 0 fully saturated rings. The highest BCUT2D eigenvalue weighted by Gasteiger charge is 2.17. The van der Waals surface area contributed by atoms with E-state index < -0.39 is 0 Å². The number of aryl methyl sites for hydroxylation is 1. The Hall–Kier alpha value is -3.27. The van der Waals surface area contributed by atoms with Crippen LogP contribution in [-0.4, -0.2) is 13.0 Å². The van der Waals surface area contributed by atoms with Gasteiger partial charge in [0.2, 0.25) is 0 Å². The first kappa shape index (κ1) is 17.5. The summed E-state index contributed by atoms with van der Waals surface area (Å²) in [5, 5.41) is 0. The van der Waals surface area contributed by atoms with Crippen LogP contribution in [0.3, 0.4) is 0 Å². The van der Waals surface area contributed by atoms with Gasteiger partial charge >= 0.3 is 0 Å². The largest absolute Gasteiger partial charge is 0.487 e. The third-order valence-corrected chi connectivity index (χ3v) is 4.18. The van der Waals surface area contributed by atoms with Crippen LogP contribution in [0.1, 0.15) is 21.5 Å². The Bertz CT molecular complexity index is 890. The van der Waals surface area contributed by atoms with Gasteiger partial charge < -0.3 is 15.4 Å². The lowest BCUT2D eigenvalue weighted by Gasteiger charge is -2.21. The number of carbonyl (C=O) groups is 1. The molecule has 3 rings (SSSR count). The van der Waals surface area contributed by atoms with Crippen molar-refractivity contribution < 1.29 is 9.53 Å². The smallest absolute Gasteiger partial charge is 0.258 e. The van der Waals surface area contributed by atoms with E-state index in [9.17, 15) is 4.79 Å². The Morgan fingerprint density at radius 2 is 1.69 bits per heavy atom. The summed E-state index contributed by atoms with van der Waals surface area (Å²) < 4.78 is 5.99. The highest BCUT2D eigenvalue weighted by atomic mass is 16.5. The molecule has 0 aliphatic heterocycles. The van der Waals surface area contributed by atoms with Crippen LogP contribution < -0.4 is 15.4 Å². The fourth-order valence-electron chi connectivity index (χ4n) is 2.68. The first-order valence-electron chi connectivity index (χ1n) is 8.45. The summed E-state index contributed by atoms with van der Waals surface area (Å²) in [7, 11) is 1.75. The third kappa shape index (κ3) is 4.03. The third-order valence-electron chi connectivity index (χ3n) is 4.18. The van der Waals surface area contributed by atoms with Gasteiger partial charge in [-0.25, -0.2) is 0 Å². The van der Waals surface area contributed by atoms with Gasteiger partial charge in [-0.15, -0.1) is 0 Å². The number of amides is 1. The number of nitrogens with zero attached hydrogens (tertiary/aromatic N) is 1. The van der Waals surface area contributed by atoms with Crippen molar-refractivity contribution >= 4 is 17.3 Å². The molecule has 0 spiro atoms. The van der Waals surface area contributed by atoms with Crippen LogP contribution in [0.2, 0.25) is 0 Å². The number of nitrogen functional groups attached to an aromatic ring is 1. The van der Waals surface area contributed by atoms with Crippen LogP contribution in [0.25, 0.3) is 0 Å². The molecule has 0 unspecified atom stereocenters. The zero-order chi connectivity index (χ0) is 18.5. The minimum atomic E-state index is -0.111. The second kappa shape index (κ2) is 7.74. The maximum atomic E-state index is 12.8. The van der Waals surface area contributed by atoms with Crippen molar-refractivity contribution in [2.45, 2.75) is 13.5 Å². The van der Waals surface area contributed by atoms with Gasteiger partial charge in [0.05, 0.1) is 5.69 Å². The molecule has 3 aromatic carbocycles. The lowest BCUT2D eigenvalue weighted by Crippen LogP contribution is -2.26. The molecule has 0 aliphatic carbocycles. The van der Waals surface area contributed by atoms with Gasteiger partial charge in [-0.05, 0) is 54.4 Å². The van der Waals surface area contributed by atoms with Crippen molar-refractivity contribution in [2.75, 3.05) is 17.7 Å². The number of anilines is 2. The second-order valence-corrected chi connectivity index (χ2v) is 6.23. The molecule has 132 valence electrons. The van der Waals surface area contributed by atoms with Gasteiger partial charge in [-0.3, -0.25) is 4.79 Å². The average Bonchev–Trinajstić information content (AvgIpc) is 2.67. The van der Waals surface area contributed by atoms with E-state index in [4.69, 9.17) is 10.5 Å². The molecule has 1 amide bonds. The molecule has 26 heavy (non-hydrogen) atoms. The number of hydrogen-bond acceptors (Lipinski definition) is 3. The average molecular weight is 346 g/mol. The molecule has 0 atom stereocenters. The van der Waals surface area contributed by atoms with E-state index in [2.05, 4.69) is 0 Å². The molecule has 0 saturated heterocycles. The highest BCUT2D eigenvalue weighted by molar-refractivity contribution is 6.06. The van der Waals surface area contributed by atoms with Gasteiger partial charge in [0.15, 0.2) is 0 Å². The van der Waals surface area contributed by atoms with Crippen molar-refractivity contribution in [3.63, 3.8) is 0 Å². The summed E-state index contributed by atoms with van der Waals surface area (Å²) in [6, 6.07) is 22.7. The number of ether oxygens (including phenoxy) is 1. The molecule has 0 aliphatic rings. The molecule has 2 N–H and O–H groups in total. The van der Waals surface area contributed by atoms with Crippen LogP contribution in [0, 0.1) is 6.92 Å². The Labute approximate surface area is 153 Å². The summed E-state index contributed by atoms with van der Waals surface area (Å²) in [6.07, 6.45) is 0. The number of carbonyl (C=O) groups excluding carboxylic acids is 1. The normalized spacial score (nSPS) is 10.4. The summed E-state index contributed by atoms with van der Waals surface area (Å²) >= 11 is 0. The number of hydrogen-bond donors (Lipinski definition) is 1. The lowest BCUT2D eigenvalue weighted by molar-refractivity contribution is 0.0992. The molecule has 0 heterocycles. The Balaban J connectivity index is 1.84. The molecule has 0 radical (unpaired) electrons. The molecule has 3 aromatic rings. The van der Waals surface area contributed by atoms with E-state index in [0.717, 1.165) is 16.8 Å². The standard InChI is InChI=1S/C22H22N2O2/c1-16-8-13-21(26-15-17-6-4-3-5-7-17)20(14-16)24(2)22(25)18-9-11-19(23)12-10-18/h3-14H,15,23H2,1-2H3. The summed E-state index contributed by atoms with van der Waals surface area (Å²) in [5.41, 5.74) is 9.79. The van der Waals surface area contributed by atoms with E-state index in [-0.39, 0.29) is 5.91 Å². The zero-order valence-corrected chi connectivity index (χ0v) is 15.0. The fourth-order valence-corrected chi connectivity index (χ4v) is 2.68. The van der Waals surface area contributed by atoms with E-state index in [0.29, 0.717) is 23.6 Å². The van der Waals surface area contributed by atoms with Gasteiger partial charge in [0.1, 0.15) is 12.4 Å². The topological polar surface area (TPSA) is 55.6 Å². The Morgan fingerprint density at radius 1 is 1.00 bits per heavy atom. The summed E-state index contributed by atoms with van der Waals surface area (Å²) in [4.78, 5) is 14.4. The monoisotopic (exact) mass is 346 g/mol. The molecular weight excluding hydrogens is 324 g/mol. The van der Waals surface area contributed by atoms with Gasteiger partial charge in [0, 0.05) is 18.3 Å². The quantitative estimate of drug-likeness (QED) is 0.695. The van der Waals surface area contributed by atoms with Gasteiger partial charge in [0.25, 0.3) is 5.91 Å². The second-order valence-electron chi connectivity index (χ2n) is 6.23. The van der Waals surface area contributed by atoms with Crippen LogP contribution in [0.15, 0.2) is 72.8 Å². The number of benzene rings is 3. The molecule has 0 saturated carbocycles. The van der Waals surface area contributed by atoms with Gasteiger partial charge in [-0.1, -0.05) is 36.4 Å². The minimum absolute atomic E-state index is 0.111.